The van der Waals surface area contributed by atoms with E-state index < -0.39 is 0 Å². The molecule has 18 heavy (non-hydrogen) atoms. The van der Waals surface area contributed by atoms with Crippen LogP contribution in [0.15, 0.2) is 18.2 Å². The zero-order chi connectivity index (χ0) is 13.0. The van der Waals surface area contributed by atoms with Crippen LogP contribution in [-0.2, 0) is 5.75 Å². The first-order chi connectivity index (χ1) is 8.70. The second-order valence-electron chi connectivity index (χ2n) is 4.50. The van der Waals surface area contributed by atoms with E-state index in [1.54, 1.807) is 17.8 Å². The quantitative estimate of drug-likeness (QED) is 0.501. The Hall–Kier alpha value is -1.07. The number of carbonyl (C=O) groups excluding carboxylic acids is 1. The van der Waals surface area contributed by atoms with Crippen LogP contribution in [0.4, 0.5) is 4.39 Å². The number of amides is 1. The molecule has 5 heteroatoms. The molecule has 3 nitrogen and oxygen atoms in total. The Morgan fingerprint density at radius 3 is 2.83 bits per heavy atom. The molecule has 1 aromatic rings. The summed E-state index contributed by atoms with van der Waals surface area (Å²) in [6, 6.07) is 4.36. The molecule has 1 aliphatic rings. The van der Waals surface area contributed by atoms with Crippen LogP contribution in [-0.4, -0.2) is 11.2 Å². The molecule has 1 saturated carbocycles. The third-order valence-electron chi connectivity index (χ3n) is 3.22. The lowest BCUT2D eigenvalue weighted by Gasteiger charge is -2.10. The van der Waals surface area contributed by atoms with Crippen molar-refractivity contribution >= 4 is 17.7 Å². The highest BCUT2D eigenvalue weighted by atomic mass is 32.2. The van der Waals surface area contributed by atoms with Crippen LogP contribution >= 0.6 is 11.8 Å². The van der Waals surface area contributed by atoms with E-state index in [2.05, 4.69) is 5.43 Å². The van der Waals surface area contributed by atoms with Gasteiger partial charge in [0.1, 0.15) is 5.82 Å². The Labute approximate surface area is 110 Å². The summed E-state index contributed by atoms with van der Waals surface area (Å²) >= 11 is 1.78. The molecule has 0 radical (unpaired) electrons. The maximum Gasteiger partial charge on any atom is 0.265 e. The van der Waals surface area contributed by atoms with Crippen molar-refractivity contribution in [1.29, 1.82) is 0 Å². The van der Waals surface area contributed by atoms with Crippen molar-refractivity contribution in [1.82, 2.24) is 5.43 Å². The van der Waals surface area contributed by atoms with Crippen molar-refractivity contribution < 1.29 is 9.18 Å². The van der Waals surface area contributed by atoms with Gasteiger partial charge in [0.25, 0.3) is 5.91 Å². The maximum absolute atomic E-state index is 13.6. The number of benzene rings is 1. The first-order valence-electron chi connectivity index (χ1n) is 6.11. The molecular weight excluding hydrogens is 251 g/mol. The normalized spacial score (nSPS) is 15.9. The minimum absolute atomic E-state index is 0.255. The van der Waals surface area contributed by atoms with Gasteiger partial charge in [-0.3, -0.25) is 10.2 Å². The van der Waals surface area contributed by atoms with E-state index in [9.17, 15) is 9.18 Å². The predicted molar refractivity (Wildman–Crippen MR) is 71.6 cm³/mol. The lowest BCUT2D eigenvalue weighted by atomic mass is 10.1. The SMILES string of the molecule is NNC(=O)c1ccc(F)c(CSC2CCCC2)c1. The number of rotatable bonds is 4. The van der Waals surface area contributed by atoms with Crippen LogP contribution in [0.25, 0.3) is 0 Å². The Bertz CT molecular complexity index is 433. The van der Waals surface area contributed by atoms with Crippen LogP contribution in [0.2, 0.25) is 0 Å². The topological polar surface area (TPSA) is 55.1 Å². The minimum atomic E-state index is -0.387. The zero-order valence-electron chi connectivity index (χ0n) is 10.1. The van der Waals surface area contributed by atoms with Gasteiger partial charge in [-0.1, -0.05) is 12.8 Å². The summed E-state index contributed by atoms with van der Waals surface area (Å²) in [5.74, 6) is 5.04. The number of halogens is 1. The van der Waals surface area contributed by atoms with Gasteiger partial charge in [-0.2, -0.15) is 11.8 Å². The monoisotopic (exact) mass is 268 g/mol. The highest BCUT2D eigenvalue weighted by Crippen LogP contribution is 2.32. The van der Waals surface area contributed by atoms with Crippen molar-refractivity contribution in [3.63, 3.8) is 0 Å². The van der Waals surface area contributed by atoms with E-state index in [1.807, 2.05) is 0 Å². The van der Waals surface area contributed by atoms with E-state index >= 15 is 0 Å². The van der Waals surface area contributed by atoms with Gasteiger partial charge < -0.3 is 0 Å². The largest absolute Gasteiger partial charge is 0.290 e. The van der Waals surface area contributed by atoms with Crippen LogP contribution in [0.5, 0.6) is 0 Å². The van der Waals surface area contributed by atoms with Crippen molar-refractivity contribution in [2.24, 2.45) is 5.84 Å². The summed E-state index contributed by atoms with van der Waals surface area (Å²) in [7, 11) is 0. The fraction of sp³-hybridized carbons (Fsp3) is 0.462. The highest BCUT2D eigenvalue weighted by Gasteiger charge is 2.16. The summed E-state index contributed by atoms with van der Waals surface area (Å²) < 4.78 is 13.6. The Morgan fingerprint density at radius 2 is 2.17 bits per heavy atom. The molecular formula is C13H17FN2OS. The van der Waals surface area contributed by atoms with Crippen LogP contribution in [0.3, 0.4) is 0 Å². The van der Waals surface area contributed by atoms with E-state index in [0.717, 1.165) is 0 Å². The first kappa shape index (κ1) is 13.4. The van der Waals surface area contributed by atoms with E-state index in [-0.39, 0.29) is 11.7 Å². The van der Waals surface area contributed by atoms with Crippen LogP contribution in [0.1, 0.15) is 41.6 Å². The van der Waals surface area contributed by atoms with Crippen molar-refractivity contribution in [2.75, 3.05) is 0 Å². The second-order valence-corrected chi connectivity index (χ2v) is 5.79. The standard InChI is InChI=1S/C13H17FN2OS/c14-12-6-5-9(13(17)16-15)7-10(12)8-18-11-3-1-2-4-11/h5-7,11H,1-4,8,15H2,(H,16,17). The second kappa shape index (κ2) is 6.20. The van der Waals surface area contributed by atoms with Crippen LogP contribution in [0, 0.1) is 5.82 Å². The molecule has 0 spiro atoms. The van der Waals surface area contributed by atoms with Crippen molar-refractivity contribution in [2.45, 2.75) is 36.7 Å². The molecule has 1 amide bonds. The lowest BCUT2D eigenvalue weighted by molar-refractivity contribution is 0.0953. The maximum atomic E-state index is 13.6. The van der Waals surface area contributed by atoms with Crippen LogP contribution < -0.4 is 11.3 Å². The molecule has 1 aromatic carbocycles. The number of thioether (sulfide) groups is 1. The molecule has 98 valence electrons. The number of carbonyl (C=O) groups is 1. The Balaban J connectivity index is 2.03. The third kappa shape index (κ3) is 3.23. The van der Waals surface area contributed by atoms with Gasteiger partial charge in [-0.15, -0.1) is 0 Å². The average Bonchev–Trinajstić information content (AvgIpc) is 2.90. The summed E-state index contributed by atoms with van der Waals surface area (Å²) in [5, 5.41) is 0.636. The number of nitrogens with one attached hydrogen (secondary N) is 1. The van der Waals surface area contributed by atoms with E-state index in [4.69, 9.17) is 5.84 Å². The van der Waals surface area contributed by atoms with Crippen molar-refractivity contribution in [3.05, 3.63) is 35.1 Å². The van der Waals surface area contributed by atoms with Gasteiger partial charge in [-0.25, -0.2) is 10.2 Å². The summed E-state index contributed by atoms with van der Waals surface area (Å²) in [4.78, 5) is 11.4. The lowest BCUT2D eigenvalue weighted by Crippen LogP contribution is -2.30. The molecule has 1 fully saturated rings. The fourth-order valence-electron chi connectivity index (χ4n) is 2.17. The fourth-order valence-corrected chi connectivity index (χ4v) is 3.48. The van der Waals surface area contributed by atoms with Gasteiger partial charge >= 0.3 is 0 Å². The van der Waals surface area contributed by atoms with Crippen molar-refractivity contribution in [3.8, 4) is 0 Å². The smallest absolute Gasteiger partial charge is 0.265 e. The van der Waals surface area contributed by atoms with Gasteiger partial charge in [-0.05, 0) is 36.6 Å². The molecule has 3 N–H and O–H groups in total. The zero-order valence-corrected chi connectivity index (χ0v) is 10.9. The molecule has 0 aromatic heterocycles. The Kier molecular flexibility index (Phi) is 4.60. The highest BCUT2D eigenvalue weighted by molar-refractivity contribution is 7.99. The molecule has 0 bridgehead atoms. The van der Waals surface area contributed by atoms with Gasteiger partial charge in [0, 0.05) is 16.6 Å². The number of hydrogen-bond donors (Lipinski definition) is 2. The molecule has 0 unspecified atom stereocenters. The molecule has 0 aliphatic heterocycles. The average molecular weight is 268 g/mol. The van der Waals surface area contributed by atoms with E-state index in [0.29, 0.717) is 22.1 Å². The summed E-state index contributed by atoms with van der Waals surface area (Å²) in [5.41, 5.74) is 3.04. The molecule has 1 aliphatic carbocycles. The number of nitrogen functional groups attached to an aromatic ring is 1. The predicted octanol–water partition coefficient (Wildman–Crippen LogP) is 2.61. The molecule has 0 heterocycles. The van der Waals surface area contributed by atoms with Gasteiger partial charge in [0.05, 0.1) is 0 Å². The number of nitrogens with two attached hydrogens (primary N) is 1. The molecule has 0 atom stereocenters. The van der Waals surface area contributed by atoms with E-state index in [1.165, 1.54) is 37.8 Å². The number of hydrogen-bond acceptors (Lipinski definition) is 3. The molecule has 2 rings (SSSR count). The van der Waals surface area contributed by atoms with Gasteiger partial charge in [0.2, 0.25) is 0 Å². The summed E-state index contributed by atoms with van der Waals surface area (Å²) in [6.07, 6.45) is 4.98. The molecule has 0 saturated heterocycles. The third-order valence-corrected chi connectivity index (χ3v) is 4.64. The first-order valence-corrected chi connectivity index (χ1v) is 7.16. The Morgan fingerprint density at radius 1 is 1.44 bits per heavy atom. The minimum Gasteiger partial charge on any atom is -0.290 e. The summed E-state index contributed by atoms with van der Waals surface area (Å²) in [6.45, 7) is 0. The van der Waals surface area contributed by atoms with Gasteiger partial charge in [0.15, 0.2) is 0 Å². The number of hydrazine groups is 1.